The fraction of sp³-hybridized carbons (Fsp3) is 0.389. The quantitative estimate of drug-likeness (QED) is 0.716. The van der Waals surface area contributed by atoms with E-state index in [1.54, 1.807) is 0 Å². The summed E-state index contributed by atoms with van der Waals surface area (Å²) < 4.78 is 7.33. The Kier molecular flexibility index (Phi) is 8.27. The van der Waals surface area contributed by atoms with E-state index in [0.717, 1.165) is 18.7 Å². The van der Waals surface area contributed by atoms with Crippen LogP contribution in [0.5, 0.6) is 5.88 Å². The van der Waals surface area contributed by atoms with Crippen molar-refractivity contribution in [3.8, 4) is 5.88 Å². The third-order valence-electron chi connectivity index (χ3n) is 4.21. The zero-order chi connectivity index (χ0) is 18.4. The first-order valence-electron chi connectivity index (χ1n) is 8.55. The third-order valence-corrected chi connectivity index (χ3v) is 4.88. The lowest BCUT2D eigenvalue weighted by Crippen LogP contribution is -2.46. The fourth-order valence-electron chi connectivity index (χ4n) is 2.72. The first kappa shape index (κ1) is 21.4. The molecule has 0 aliphatic carbocycles. The lowest BCUT2D eigenvalue weighted by molar-refractivity contribution is -0.132. The van der Waals surface area contributed by atoms with Gasteiger partial charge in [0.25, 0.3) is 5.56 Å². The van der Waals surface area contributed by atoms with Crippen LogP contribution in [0, 0.1) is 0 Å². The number of halogens is 2. The first-order valence-corrected chi connectivity index (χ1v) is 9.34. The van der Waals surface area contributed by atoms with E-state index in [1.165, 1.54) is 10.9 Å². The molecule has 2 heterocycles. The van der Waals surface area contributed by atoms with Gasteiger partial charge in [0.1, 0.15) is 17.4 Å². The maximum absolute atomic E-state index is 12.5. The van der Waals surface area contributed by atoms with Crippen LogP contribution in [0.15, 0.2) is 45.9 Å². The van der Waals surface area contributed by atoms with E-state index in [4.69, 9.17) is 4.74 Å². The van der Waals surface area contributed by atoms with E-state index in [1.807, 2.05) is 35.2 Å². The predicted molar refractivity (Wildman–Crippen MR) is 108 cm³/mol. The van der Waals surface area contributed by atoms with Crippen LogP contribution < -0.4 is 15.6 Å². The number of nitrogens with one attached hydrogen (secondary N) is 1. The highest BCUT2D eigenvalue weighted by molar-refractivity contribution is 9.10. The second-order valence-electron chi connectivity index (χ2n) is 6.02. The van der Waals surface area contributed by atoms with Gasteiger partial charge in [-0.1, -0.05) is 30.3 Å². The van der Waals surface area contributed by atoms with Gasteiger partial charge in [-0.15, -0.1) is 12.4 Å². The number of benzene rings is 1. The van der Waals surface area contributed by atoms with Gasteiger partial charge in [-0.05, 0) is 21.5 Å². The van der Waals surface area contributed by atoms with Crippen LogP contribution in [0.2, 0.25) is 0 Å². The zero-order valence-corrected chi connectivity index (χ0v) is 17.2. The second kappa shape index (κ2) is 10.4. The summed E-state index contributed by atoms with van der Waals surface area (Å²) >= 11 is 3.26. The van der Waals surface area contributed by atoms with E-state index in [2.05, 4.69) is 26.2 Å². The van der Waals surface area contributed by atoms with Gasteiger partial charge < -0.3 is 15.0 Å². The molecule has 0 saturated carbocycles. The number of aromatic nitrogens is 2. The number of ether oxygens (including phenoxy) is 1. The van der Waals surface area contributed by atoms with Crippen LogP contribution in [-0.2, 0) is 17.9 Å². The molecule has 0 unspecified atom stereocenters. The Hall–Kier alpha value is -1.90. The number of hydrogen-bond acceptors (Lipinski definition) is 5. The van der Waals surface area contributed by atoms with Crippen LogP contribution >= 0.6 is 28.3 Å². The highest BCUT2D eigenvalue weighted by Crippen LogP contribution is 2.18. The summed E-state index contributed by atoms with van der Waals surface area (Å²) in [6, 6.07) is 9.66. The van der Waals surface area contributed by atoms with Gasteiger partial charge in [-0.2, -0.15) is 0 Å². The number of carbonyl (C=O) groups excluding carboxylic acids is 1. The van der Waals surface area contributed by atoms with Crippen LogP contribution in [0.1, 0.15) is 12.0 Å². The Labute approximate surface area is 172 Å². The predicted octanol–water partition coefficient (Wildman–Crippen LogP) is 1.83. The second-order valence-corrected chi connectivity index (χ2v) is 6.81. The van der Waals surface area contributed by atoms with E-state index >= 15 is 0 Å². The maximum atomic E-state index is 12.5. The molecule has 7 nitrogen and oxygen atoms in total. The van der Waals surface area contributed by atoms with Gasteiger partial charge in [0.05, 0.1) is 0 Å². The summed E-state index contributed by atoms with van der Waals surface area (Å²) in [5, 5.41) is 3.21. The molecule has 9 heteroatoms. The van der Waals surface area contributed by atoms with Gasteiger partial charge in [0, 0.05) is 39.1 Å². The highest BCUT2D eigenvalue weighted by atomic mass is 79.9. The Balaban J connectivity index is 0.00000261. The SMILES string of the molecule is Cl.O=C(CCn1cnc(OCc2ccccc2)c(Br)c1=O)N1CCNCC1. The minimum absolute atomic E-state index is 0. The van der Waals surface area contributed by atoms with Crippen molar-refractivity contribution in [1.82, 2.24) is 19.8 Å². The molecule has 0 atom stereocenters. The van der Waals surface area contributed by atoms with Crippen molar-refractivity contribution in [2.75, 3.05) is 26.2 Å². The van der Waals surface area contributed by atoms with Gasteiger partial charge >= 0.3 is 0 Å². The van der Waals surface area contributed by atoms with E-state index in [9.17, 15) is 9.59 Å². The lowest BCUT2D eigenvalue weighted by Gasteiger charge is -2.27. The van der Waals surface area contributed by atoms with Crippen molar-refractivity contribution in [2.45, 2.75) is 19.6 Å². The molecule has 2 aromatic rings. The van der Waals surface area contributed by atoms with Gasteiger partial charge in [-0.25, -0.2) is 4.98 Å². The molecule has 1 fully saturated rings. The molecule has 0 spiro atoms. The largest absolute Gasteiger partial charge is 0.472 e. The molecule has 1 amide bonds. The summed E-state index contributed by atoms with van der Waals surface area (Å²) in [4.78, 5) is 30.7. The minimum atomic E-state index is -0.254. The number of rotatable bonds is 6. The summed E-state index contributed by atoms with van der Waals surface area (Å²) in [7, 11) is 0. The monoisotopic (exact) mass is 456 g/mol. The molecule has 1 N–H and O–H groups in total. The van der Waals surface area contributed by atoms with Crippen LogP contribution in [0.25, 0.3) is 0 Å². The molecule has 0 bridgehead atoms. The smallest absolute Gasteiger partial charge is 0.271 e. The number of aryl methyl sites for hydroxylation is 1. The first-order chi connectivity index (χ1) is 12.6. The van der Waals surface area contributed by atoms with Gasteiger partial charge in [0.15, 0.2) is 0 Å². The van der Waals surface area contributed by atoms with Crippen molar-refractivity contribution in [1.29, 1.82) is 0 Å². The van der Waals surface area contributed by atoms with Gasteiger partial charge in [0.2, 0.25) is 11.8 Å². The average Bonchev–Trinajstić information content (AvgIpc) is 2.69. The number of amides is 1. The maximum Gasteiger partial charge on any atom is 0.271 e. The highest BCUT2D eigenvalue weighted by Gasteiger charge is 2.17. The molecule has 1 aromatic carbocycles. The molecule has 1 aliphatic heterocycles. The Morgan fingerprint density at radius 3 is 2.63 bits per heavy atom. The number of carbonyl (C=O) groups is 1. The van der Waals surface area contributed by atoms with Crippen LogP contribution in [-0.4, -0.2) is 46.5 Å². The van der Waals surface area contributed by atoms with Crippen molar-refractivity contribution in [3.05, 3.63) is 57.0 Å². The molecule has 27 heavy (non-hydrogen) atoms. The number of hydrogen-bond donors (Lipinski definition) is 1. The fourth-order valence-corrected chi connectivity index (χ4v) is 3.17. The number of nitrogens with zero attached hydrogens (tertiary/aromatic N) is 3. The third kappa shape index (κ3) is 5.79. The Bertz CT molecular complexity index is 810. The van der Waals surface area contributed by atoms with E-state index < -0.39 is 0 Å². The van der Waals surface area contributed by atoms with E-state index in [-0.39, 0.29) is 40.6 Å². The molecular weight excluding hydrogens is 436 g/mol. The van der Waals surface area contributed by atoms with Crippen LogP contribution in [0.4, 0.5) is 0 Å². The molecule has 146 valence electrons. The van der Waals surface area contributed by atoms with Crippen molar-refractivity contribution < 1.29 is 9.53 Å². The molecule has 0 radical (unpaired) electrons. The van der Waals surface area contributed by atoms with Crippen molar-refractivity contribution in [2.24, 2.45) is 0 Å². The van der Waals surface area contributed by atoms with Crippen LogP contribution in [0.3, 0.4) is 0 Å². The lowest BCUT2D eigenvalue weighted by atomic mass is 10.2. The van der Waals surface area contributed by atoms with Crippen molar-refractivity contribution >= 4 is 34.2 Å². The normalized spacial score (nSPS) is 13.7. The summed E-state index contributed by atoms with van der Waals surface area (Å²) in [6.07, 6.45) is 1.71. The van der Waals surface area contributed by atoms with E-state index in [0.29, 0.717) is 26.2 Å². The standard InChI is InChI=1S/C18H21BrN4O3.ClH/c19-16-17(26-12-14-4-2-1-3-5-14)21-13-23(18(16)25)9-6-15(24)22-10-7-20-8-11-22;/h1-5,13,20H,6-12H2;1H. The molecule has 1 aliphatic rings. The Morgan fingerprint density at radius 1 is 1.22 bits per heavy atom. The number of piperazine rings is 1. The molecular formula is C18H22BrClN4O3. The van der Waals surface area contributed by atoms with Gasteiger partial charge in [-0.3, -0.25) is 14.2 Å². The topological polar surface area (TPSA) is 76.5 Å². The Morgan fingerprint density at radius 2 is 1.93 bits per heavy atom. The van der Waals surface area contributed by atoms with Crippen molar-refractivity contribution in [3.63, 3.8) is 0 Å². The average molecular weight is 458 g/mol. The molecule has 3 rings (SSSR count). The molecule has 1 aromatic heterocycles. The molecule has 1 saturated heterocycles. The summed E-state index contributed by atoms with van der Waals surface area (Å²) in [6.45, 7) is 3.67. The zero-order valence-electron chi connectivity index (χ0n) is 14.8. The summed E-state index contributed by atoms with van der Waals surface area (Å²) in [5.41, 5.74) is 0.739. The minimum Gasteiger partial charge on any atom is -0.472 e. The summed E-state index contributed by atoms with van der Waals surface area (Å²) in [5.74, 6) is 0.308.